The summed E-state index contributed by atoms with van der Waals surface area (Å²) < 4.78 is 0. The van der Waals surface area contributed by atoms with Crippen LogP contribution in [0.15, 0.2) is 66.9 Å². The van der Waals surface area contributed by atoms with Crippen LogP contribution < -0.4 is 0 Å². The number of hydrogen-bond acceptors (Lipinski definition) is 3. The van der Waals surface area contributed by atoms with Crippen molar-refractivity contribution in [1.29, 1.82) is 0 Å². The predicted molar refractivity (Wildman–Crippen MR) is 95.6 cm³/mol. The molecule has 4 heteroatoms. The first-order valence-electron chi connectivity index (χ1n) is 8.43. The molecule has 1 atom stereocenters. The number of carbonyl (C=O) groups is 2. The minimum atomic E-state index is -0.302. The predicted octanol–water partition coefficient (Wildman–Crippen LogP) is 3.35. The van der Waals surface area contributed by atoms with Crippen molar-refractivity contribution < 1.29 is 9.59 Å². The van der Waals surface area contributed by atoms with E-state index in [1.165, 1.54) is 4.90 Å². The fraction of sp³-hybridized carbons (Fsp3) is 0.190. The van der Waals surface area contributed by atoms with E-state index in [1.807, 2.05) is 60.7 Å². The van der Waals surface area contributed by atoms with Gasteiger partial charge in [0, 0.05) is 18.0 Å². The molecule has 2 amide bonds. The molecule has 1 aliphatic heterocycles. The number of aromatic nitrogens is 1. The number of nitrogens with zero attached hydrogens (tertiary/aromatic N) is 2. The Kier molecular flexibility index (Phi) is 4.02. The molecule has 0 saturated carbocycles. The number of para-hydroxylation sites is 1. The van der Waals surface area contributed by atoms with Gasteiger partial charge in [-0.3, -0.25) is 19.5 Å². The van der Waals surface area contributed by atoms with Crippen LogP contribution in [-0.2, 0) is 22.6 Å². The van der Waals surface area contributed by atoms with Crippen LogP contribution >= 0.6 is 0 Å². The Morgan fingerprint density at radius 3 is 2.60 bits per heavy atom. The van der Waals surface area contributed by atoms with E-state index in [9.17, 15) is 9.59 Å². The Bertz CT molecular complexity index is 932. The molecule has 0 N–H and O–H groups in total. The highest BCUT2D eigenvalue weighted by molar-refractivity contribution is 6.03. The van der Waals surface area contributed by atoms with Gasteiger partial charge in [0.05, 0.1) is 18.0 Å². The van der Waals surface area contributed by atoms with Crippen molar-refractivity contribution in [1.82, 2.24) is 9.88 Å². The number of pyridine rings is 1. The number of hydrogen-bond donors (Lipinski definition) is 0. The summed E-state index contributed by atoms with van der Waals surface area (Å²) in [5.74, 6) is -0.474. The first kappa shape index (κ1) is 15.5. The summed E-state index contributed by atoms with van der Waals surface area (Å²) in [5.41, 5.74) is 2.90. The largest absolute Gasteiger partial charge is 0.278 e. The lowest BCUT2D eigenvalue weighted by Gasteiger charge is -2.15. The van der Waals surface area contributed by atoms with E-state index >= 15 is 0 Å². The number of amides is 2. The molecule has 124 valence electrons. The molecule has 25 heavy (non-hydrogen) atoms. The molecule has 3 aromatic rings. The molecule has 0 spiro atoms. The summed E-state index contributed by atoms with van der Waals surface area (Å²) in [4.78, 5) is 30.9. The lowest BCUT2D eigenvalue weighted by atomic mass is 9.96. The fourth-order valence-corrected chi connectivity index (χ4v) is 3.44. The Morgan fingerprint density at radius 1 is 0.960 bits per heavy atom. The molecule has 4 nitrogen and oxygen atoms in total. The summed E-state index contributed by atoms with van der Waals surface area (Å²) >= 11 is 0. The van der Waals surface area contributed by atoms with E-state index < -0.39 is 0 Å². The third-order valence-corrected chi connectivity index (χ3v) is 4.70. The van der Waals surface area contributed by atoms with Crippen molar-refractivity contribution in [3.05, 3.63) is 78.0 Å². The minimum Gasteiger partial charge on any atom is -0.278 e. The third kappa shape index (κ3) is 3.03. The van der Waals surface area contributed by atoms with Crippen LogP contribution in [-0.4, -0.2) is 21.7 Å². The van der Waals surface area contributed by atoms with Gasteiger partial charge in [-0.1, -0.05) is 54.6 Å². The van der Waals surface area contributed by atoms with Crippen LogP contribution in [0.4, 0.5) is 0 Å². The molecule has 2 heterocycles. The molecule has 1 fully saturated rings. The Balaban J connectivity index is 1.56. The van der Waals surface area contributed by atoms with Crippen LogP contribution in [0.2, 0.25) is 0 Å². The average Bonchev–Trinajstić information content (AvgIpc) is 2.90. The number of benzene rings is 2. The second kappa shape index (κ2) is 6.48. The molecule has 0 bridgehead atoms. The lowest BCUT2D eigenvalue weighted by Crippen LogP contribution is -2.30. The maximum absolute atomic E-state index is 12.7. The van der Waals surface area contributed by atoms with Gasteiger partial charge in [-0.2, -0.15) is 0 Å². The van der Waals surface area contributed by atoms with E-state index in [2.05, 4.69) is 4.98 Å². The molecule has 1 aliphatic rings. The minimum absolute atomic E-state index is 0.0817. The molecular weight excluding hydrogens is 312 g/mol. The quantitative estimate of drug-likeness (QED) is 0.689. The zero-order valence-electron chi connectivity index (χ0n) is 13.8. The summed E-state index contributed by atoms with van der Waals surface area (Å²) in [6, 6.07) is 19.5. The molecule has 0 radical (unpaired) electrons. The Labute approximate surface area is 146 Å². The average molecular weight is 330 g/mol. The standard InChI is InChI=1S/C21H18N2O2/c24-19-13-18(21(25)23(19)14-15-6-2-1-3-7-15)12-17-9-4-8-16-10-5-11-22-20(16)17/h1-11,18H,12-14H2. The zero-order valence-corrected chi connectivity index (χ0v) is 13.8. The van der Waals surface area contributed by atoms with Crippen molar-refractivity contribution >= 4 is 22.7 Å². The van der Waals surface area contributed by atoms with Crippen LogP contribution in [0.5, 0.6) is 0 Å². The van der Waals surface area contributed by atoms with Crippen molar-refractivity contribution in [2.45, 2.75) is 19.4 Å². The van der Waals surface area contributed by atoms with Crippen LogP contribution in [0, 0.1) is 5.92 Å². The van der Waals surface area contributed by atoms with Crippen molar-refractivity contribution in [2.24, 2.45) is 5.92 Å². The lowest BCUT2D eigenvalue weighted by molar-refractivity contribution is -0.140. The maximum atomic E-state index is 12.7. The molecule has 1 aromatic heterocycles. The second-order valence-electron chi connectivity index (χ2n) is 6.40. The van der Waals surface area contributed by atoms with Crippen molar-refractivity contribution in [2.75, 3.05) is 0 Å². The highest BCUT2D eigenvalue weighted by Crippen LogP contribution is 2.27. The summed E-state index contributed by atoms with van der Waals surface area (Å²) in [6.07, 6.45) is 2.58. The SMILES string of the molecule is O=C1CC(Cc2cccc3cccnc23)C(=O)N1Cc1ccccc1. The van der Waals surface area contributed by atoms with E-state index in [0.29, 0.717) is 13.0 Å². The van der Waals surface area contributed by atoms with Gasteiger partial charge in [0.2, 0.25) is 11.8 Å². The normalized spacial score (nSPS) is 17.4. The van der Waals surface area contributed by atoms with Gasteiger partial charge in [-0.15, -0.1) is 0 Å². The van der Waals surface area contributed by atoms with Crippen LogP contribution in [0.1, 0.15) is 17.5 Å². The summed E-state index contributed by atoms with van der Waals surface area (Å²) in [7, 11) is 0. The highest BCUT2D eigenvalue weighted by Gasteiger charge is 2.38. The first-order valence-corrected chi connectivity index (χ1v) is 8.43. The molecule has 1 saturated heterocycles. The topological polar surface area (TPSA) is 50.3 Å². The van der Waals surface area contributed by atoms with Gasteiger partial charge in [0.1, 0.15) is 0 Å². The third-order valence-electron chi connectivity index (χ3n) is 4.70. The number of imide groups is 1. The number of likely N-dealkylation sites (tertiary alicyclic amines) is 1. The van der Waals surface area contributed by atoms with Gasteiger partial charge >= 0.3 is 0 Å². The monoisotopic (exact) mass is 330 g/mol. The van der Waals surface area contributed by atoms with Gasteiger partial charge in [0.15, 0.2) is 0 Å². The molecular formula is C21H18N2O2. The number of fused-ring (bicyclic) bond motifs is 1. The molecule has 0 aliphatic carbocycles. The van der Waals surface area contributed by atoms with Gasteiger partial charge in [-0.05, 0) is 23.6 Å². The van der Waals surface area contributed by atoms with Gasteiger partial charge in [0.25, 0.3) is 0 Å². The van der Waals surface area contributed by atoms with E-state index in [0.717, 1.165) is 22.0 Å². The fourth-order valence-electron chi connectivity index (χ4n) is 3.44. The second-order valence-corrected chi connectivity index (χ2v) is 6.40. The van der Waals surface area contributed by atoms with Crippen LogP contribution in [0.3, 0.4) is 0 Å². The zero-order chi connectivity index (χ0) is 17.2. The smallest absolute Gasteiger partial charge is 0.233 e. The van der Waals surface area contributed by atoms with Crippen molar-refractivity contribution in [3.8, 4) is 0 Å². The van der Waals surface area contributed by atoms with E-state index in [-0.39, 0.29) is 24.2 Å². The summed E-state index contributed by atoms with van der Waals surface area (Å²) in [6.45, 7) is 0.350. The molecule has 4 rings (SSSR count). The van der Waals surface area contributed by atoms with Gasteiger partial charge < -0.3 is 0 Å². The summed E-state index contributed by atoms with van der Waals surface area (Å²) in [5, 5.41) is 1.05. The number of rotatable bonds is 4. The molecule has 1 unspecified atom stereocenters. The van der Waals surface area contributed by atoms with E-state index in [1.54, 1.807) is 6.20 Å². The maximum Gasteiger partial charge on any atom is 0.233 e. The van der Waals surface area contributed by atoms with Crippen molar-refractivity contribution in [3.63, 3.8) is 0 Å². The Morgan fingerprint density at radius 2 is 1.76 bits per heavy atom. The van der Waals surface area contributed by atoms with Crippen LogP contribution in [0.25, 0.3) is 10.9 Å². The van der Waals surface area contributed by atoms with Gasteiger partial charge in [-0.25, -0.2) is 0 Å². The molecule has 2 aromatic carbocycles. The van der Waals surface area contributed by atoms with E-state index in [4.69, 9.17) is 0 Å². The highest BCUT2D eigenvalue weighted by atomic mass is 16.2. The number of carbonyl (C=O) groups excluding carboxylic acids is 2. The Hall–Kier alpha value is -3.01. The first-order chi connectivity index (χ1) is 12.2.